The van der Waals surface area contributed by atoms with Crippen LogP contribution >= 0.6 is 0 Å². The van der Waals surface area contributed by atoms with E-state index in [1.54, 1.807) is 26.4 Å². The third-order valence-corrected chi connectivity index (χ3v) is 8.16. The van der Waals surface area contributed by atoms with Crippen molar-refractivity contribution in [2.24, 2.45) is 23.7 Å². The SMILES string of the molecule is COc1ccc2c(c1)CCN(C(=O)C1C(C(=O)O)C(C(=O)N3CCc4cc(OC)ccc4C3)C1C(=O)O)C2. The van der Waals surface area contributed by atoms with Gasteiger partial charge in [-0.05, 0) is 59.4 Å². The number of carbonyl (C=O) groups excluding carboxylic acids is 2. The van der Waals surface area contributed by atoms with Crippen molar-refractivity contribution in [3.8, 4) is 11.5 Å². The Morgan fingerprint density at radius 1 is 0.658 bits per heavy atom. The fraction of sp³-hybridized carbons (Fsp3) is 0.429. The van der Waals surface area contributed by atoms with Gasteiger partial charge in [0.2, 0.25) is 11.8 Å². The van der Waals surface area contributed by atoms with Crippen molar-refractivity contribution in [3.05, 3.63) is 58.7 Å². The molecule has 2 aromatic rings. The van der Waals surface area contributed by atoms with Crippen LogP contribution in [0, 0.1) is 23.7 Å². The Kier molecular flexibility index (Phi) is 6.73. The molecule has 1 aliphatic carbocycles. The molecule has 10 nitrogen and oxygen atoms in total. The van der Waals surface area contributed by atoms with E-state index in [4.69, 9.17) is 9.47 Å². The Morgan fingerprint density at radius 3 is 1.39 bits per heavy atom. The van der Waals surface area contributed by atoms with E-state index in [1.165, 1.54) is 9.80 Å². The fourth-order valence-corrected chi connectivity index (χ4v) is 6.09. The molecule has 0 atom stereocenters. The summed E-state index contributed by atoms with van der Waals surface area (Å²) in [7, 11) is 3.15. The topological polar surface area (TPSA) is 134 Å². The van der Waals surface area contributed by atoms with Crippen molar-refractivity contribution < 1.29 is 38.9 Å². The first-order chi connectivity index (χ1) is 18.2. The lowest BCUT2D eigenvalue weighted by atomic mass is 9.55. The Balaban J connectivity index is 1.36. The predicted octanol–water partition coefficient (Wildman–Crippen LogP) is 1.82. The van der Waals surface area contributed by atoms with Crippen LogP contribution < -0.4 is 9.47 Å². The second-order valence-corrected chi connectivity index (χ2v) is 10.1. The predicted molar refractivity (Wildman–Crippen MR) is 133 cm³/mol. The van der Waals surface area contributed by atoms with Gasteiger partial charge >= 0.3 is 11.9 Å². The Hall–Kier alpha value is -4.08. The largest absolute Gasteiger partial charge is 0.497 e. The Bertz CT molecular complexity index is 1200. The van der Waals surface area contributed by atoms with E-state index >= 15 is 0 Å². The smallest absolute Gasteiger partial charge is 0.308 e. The van der Waals surface area contributed by atoms with Crippen LogP contribution in [0.25, 0.3) is 0 Å². The molecule has 200 valence electrons. The maximum Gasteiger partial charge on any atom is 0.308 e. The normalized spacial score (nSPS) is 23.9. The highest BCUT2D eigenvalue weighted by Crippen LogP contribution is 2.49. The number of rotatable bonds is 6. The number of hydrogen-bond acceptors (Lipinski definition) is 6. The van der Waals surface area contributed by atoms with Crippen molar-refractivity contribution >= 4 is 23.8 Å². The summed E-state index contributed by atoms with van der Waals surface area (Å²) in [6.45, 7) is 1.16. The minimum atomic E-state index is -1.40. The van der Waals surface area contributed by atoms with Crippen LogP contribution in [0.5, 0.6) is 11.5 Å². The molecule has 0 radical (unpaired) electrons. The van der Waals surface area contributed by atoms with Crippen molar-refractivity contribution in [1.29, 1.82) is 0 Å². The maximum atomic E-state index is 13.5. The van der Waals surface area contributed by atoms with Crippen molar-refractivity contribution in [3.63, 3.8) is 0 Å². The quantitative estimate of drug-likeness (QED) is 0.587. The molecule has 3 aliphatic rings. The van der Waals surface area contributed by atoms with E-state index in [-0.39, 0.29) is 13.1 Å². The van der Waals surface area contributed by atoms with Gasteiger partial charge in [-0.2, -0.15) is 0 Å². The number of methoxy groups -OCH3 is 2. The lowest BCUT2D eigenvalue weighted by Gasteiger charge is -2.49. The summed E-state index contributed by atoms with van der Waals surface area (Å²) in [4.78, 5) is 54.8. The first-order valence-corrected chi connectivity index (χ1v) is 12.6. The van der Waals surface area contributed by atoms with Crippen molar-refractivity contribution in [2.45, 2.75) is 25.9 Å². The van der Waals surface area contributed by atoms with Gasteiger partial charge < -0.3 is 29.5 Å². The zero-order valence-corrected chi connectivity index (χ0v) is 21.3. The summed E-state index contributed by atoms with van der Waals surface area (Å²) in [6, 6.07) is 11.1. The second-order valence-electron chi connectivity index (χ2n) is 10.1. The number of carbonyl (C=O) groups is 4. The minimum Gasteiger partial charge on any atom is -0.497 e. The average molecular weight is 523 g/mol. The van der Waals surface area contributed by atoms with E-state index in [2.05, 4.69) is 0 Å². The monoisotopic (exact) mass is 522 g/mol. The van der Waals surface area contributed by atoms with Gasteiger partial charge in [0, 0.05) is 26.2 Å². The zero-order chi connectivity index (χ0) is 27.1. The number of fused-ring (bicyclic) bond motifs is 2. The second kappa shape index (κ2) is 10.00. The van der Waals surface area contributed by atoms with E-state index in [0.717, 1.165) is 22.3 Å². The molecular weight excluding hydrogens is 492 g/mol. The van der Waals surface area contributed by atoms with E-state index in [0.29, 0.717) is 37.4 Å². The molecule has 2 heterocycles. The van der Waals surface area contributed by atoms with Crippen molar-refractivity contribution in [2.75, 3.05) is 27.3 Å². The van der Waals surface area contributed by atoms with E-state index < -0.39 is 47.4 Å². The number of carboxylic acid groups (broad SMARTS) is 2. The first-order valence-electron chi connectivity index (χ1n) is 12.6. The van der Waals surface area contributed by atoms with Gasteiger partial charge in [-0.1, -0.05) is 12.1 Å². The maximum absolute atomic E-state index is 13.5. The summed E-state index contributed by atoms with van der Waals surface area (Å²) in [5.41, 5.74) is 3.87. The summed E-state index contributed by atoms with van der Waals surface area (Å²) in [6.07, 6.45) is 1.08. The van der Waals surface area contributed by atoms with Crippen LogP contribution in [-0.2, 0) is 45.1 Å². The molecule has 0 bridgehead atoms. The number of benzene rings is 2. The zero-order valence-electron chi connectivity index (χ0n) is 21.3. The summed E-state index contributed by atoms with van der Waals surface area (Å²) in [5.74, 6) is -7.72. The number of ether oxygens (including phenoxy) is 2. The third kappa shape index (κ3) is 4.33. The third-order valence-electron chi connectivity index (χ3n) is 8.16. The van der Waals surface area contributed by atoms with Crippen LogP contribution in [0.1, 0.15) is 22.3 Å². The number of amides is 2. The highest BCUT2D eigenvalue weighted by molar-refractivity contribution is 5.99. The van der Waals surface area contributed by atoms with Crippen LogP contribution in [0.3, 0.4) is 0 Å². The Labute approximate surface area is 219 Å². The molecule has 2 N–H and O–H groups in total. The van der Waals surface area contributed by atoms with Gasteiger partial charge in [0.15, 0.2) is 0 Å². The van der Waals surface area contributed by atoms with Gasteiger partial charge in [-0.3, -0.25) is 19.2 Å². The van der Waals surface area contributed by atoms with E-state index in [9.17, 15) is 29.4 Å². The lowest BCUT2D eigenvalue weighted by molar-refractivity contribution is -0.187. The summed E-state index contributed by atoms with van der Waals surface area (Å²) < 4.78 is 10.5. The molecule has 0 saturated heterocycles. The summed E-state index contributed by atoms with van der Waals surface area (Å²) in [5, 5.41) is 20.1. The van der Waals surface area contributed by atoms with Crippen LogP contribution in [0.15, 0.2) is 36.4 Å². The van der Waals surface area contributed by atoms with Gasteiger partial charge in [0.05, 0.1) is 37.9 Å². The molecule has 0 aromatic heterocycles. The standard InChI is InChI=1S/C28H30N2O8/c1-37-19-5-3-17-13-29(9-7-15(17)11-19)25(31)21-23(27(33)34)22(24(21)28(35)36)26(32)30-10-8-16-12-20(38-2)6-4-18(16)14-30/h3-6,11-12,21-24H,7-10,13-14H2,1-2H3,(H,33,34)(H,35,36). The number of carboxylic acids is 2. The fourth-order valence-electron chi connectivity index (χ4n) is 6.09. The van der Waals surface area contributed by atoms with Gasteiger partial charge in [0.1, 0.15) is 11.5 Å². The summed E-state index contributed by atoms with van der Waals surface area (Å²) >= 11 is 0. The van der Waals surface area contributed by atoms with Gasteiger partial charge in [-0.15, -0.1) is 0 Å². The number of aliphatic carboxylic acids is 2. The minimum absolute atomic E-state index is 0.248. The molecule has 1 saturated carbocycles. The number of hydrogen-bond donors (Lipinski definition) is 2. The van der Waals surface area contributed by atoms with Gasteiger partial charge in [0.25, 0.3) is 0 Å². The molecule has 2 aromatic carbocycles. The highest BCUT2D eigenvalue weighted by Gasteiger charge is 2.65. The lowest BCUT2D eigenvalue weighted by Crippen LogP contribution is -2.64. The average Bonchev–Trinajstić information content (AvgIpc) is 2.90. The molecule has 2 aliphatic heterocycles. The van der Waals surface area contributed by atoms with Gasteiger partial charge in [-0.25, -0.2) is 0 Å². The molecule has 0 unspecified atom stereocenters. The molecule has 5 rings (SSSR count). The van der Waals surface area contributed by atoms with E-state index in [1.807, 2.05) is 24.3 Å². The van der Waals surface area contributed by atoms with Crippen LogP contribution in [0.2, 0.25) is 0 Å². The van der Waals surface area contributed by atoms with Crippen molar-refractivity contribution in [1.82, 2.24) is 9.80 Å². The molecular formula is C28H30N2O8. The molecule has 10 heteroatoms. The number of nitrogens with zero attached hydrogens (tertiary/aromatic N) is 2. The molecule has 2 amide bonds. The molecule has 0 spiro atoms. The van der Waals surface area contributed by atoms with Crippen LogP contribution in [0.4, 0.5) is 0 Å². The Morgan fingerprint density at radius 2 is 1.05 bits per heavy atom. The highest BCUT2D eigenvalue weighted by atomic mass is 16.5. The molecule has 1 fully saturated rings. The molecule has 38 heavy (non-hydrogen) atoms. The van der Waals surface area contributed by atoms with Crippen LogP contribution in [-0.4, -0.2) is 71.1 Å². The first kappa shape index (κ1) is 25.6.